The third-order valence-corrected chi connectivity index (χ3v) is 3.62. The van der Waals surface area contributed by atoms with Gasteiger partial charge in [0.25, 0.3) is 0 Å². The molecule has 1 aromatic carbocycles. The zero-order valence-electron chi connectivity index (χ0n) is 10.8. The number of likely N-dealkylation sites (N-methyl/N-ethyl adjacent to an activating group) is 1. The van der Waals surface area contributed by atoms with Gasteiger partial charge in [-0.15, -0.1) is 0 Å². The fraction of sp³-hybridized carbons (Fsp3) is 0.571. The second-order valence-corrected chi connectivity index (χ2v) is 4.81. The van der Waals surface area contributed by atoms with Gasteiger partial charge in [-0.25, -0.2) is 0 Å². The molecule has 0 aromatic heterocycles. The molecule has 1 fully saturated rings. The Bertz CT molecular complexity index is 361. The molecule has 1 saturated heterocycles. The Morgan fingerprint density at radius 1 is 1.35 bits per heavy atom. The Morgan fingerprint density at radius 2 is 2.00 bits per heavy atom. The number of aliphatic hydroxyl groups excluding tert-OH is 1. The number of rotatable bonds is 3. The van der Waals surface area contributed by atoms with Gasteiger partial charge in [0, 0.05) is 19.3 Å². The lowest BCUT2D eigenvalue weighted by molar-refractivity contribution is 0.118. The number of ether oxygens (including phenoxy) is 1. The van der Waals surface area contributed by atoms with E-state index in [0.717, 1.165) is 18.6 Å². The van der Waals surface area contributed by atoms with E-state index in [1.54, 1.807) is 6.92 Å². The molecule has 1 aliphatic rings. The van der Waals surface area contributed by atoms with Gasteiger partial charge in [-0.1, -0.05) is 12.1 Å². The Kier molecular flexibility index (Phi) is 3.69. The molecule has 1 aromatic rings. The normalized spacial score (nSPS) is 25.9. The number of hydrogen-bond donors (Lipinski definition) is 1. The standard InChI is InChI=1S/C14H21NO2/c1-10(16)12-4-6-13(7-5-12)15(3)14-8-9-17-11(14)2/h4-7,10-11,14,16H,8-9H2,1-3H3/t10-,11?,14?/m0/s1. The van der Waals surface area contributed by atoms with E-state index in [-0.39, 0.29) is 6.10 Å². The van der Waals surface area contributed by atoms with Crippen molar-refractivity contribution in [2.75, 3.05) is 18.6 Å². The summed E-state index contributed by atoms with van der Waals surface area (Å²) in [6.07, 6.45) is 0.968. The monoisotopic (exact) mass is 235 g/mol. The summed E-state index contributed by atoms with van der Waals surface area (Å²) in [5.74, 6) is 0. The highest BCUT2D eigenvalue weighted by Gasteiger charge is 2.27. The molecule has 3 atom stereocenters. The van der Waals surface area contributed by atoms with Gasteiger partial charge in [0.1, 0.15) is 0 Å². The minimum Gasteiger partial charge on any atom is -0.389 e. The van der Waals surface area contributed by atoms with Gasteiger partial charge in [0.2, 0.25) is 0 Å². The zero-order valence-corrected chi connectivity index (χ0v) is 10.8. The molecule has 0 saturated carbocycles. The second-order valence-electron chi connectivity index (χ2n) is 4.81. The van der Waals surface area contributed by atoms with Crippen molar-refractivity contribution in [2.45, 2.75) is 38.5 Å². The topological polar surface area (TPSA) is 32.7 Å². The summed E-state index contributed by atoms with van der Waals surface area (Å²) in [7, 11) is 2.10. The van der Waals surface area contributed by atoms with E-state index in [2.05, 4.69) is 31.0 Å². The predicted molar refractivity (Wildman–Crippen MR) is 69.3 cm³/mol. The van der Waals surface area contributed by atoms with Crippen LogP contribution in [0.25, 0.3) is 0 Å². The molecular formula is C14H21NO2. The first-order chi connectivity index (χ1) is 8.09. The van der Waals surface area contributed by atoms with Crippen LogP contribution in [-0.4, -0.2) is 30.9 Å². The van der Waals surface area contributed by atoms with Crippen LogP contribution < -0.4 is 4.90 Å². The third-order valence-electron chi connectivity index (χ3n) is 3.62. The van der Waals surface area contributed by atoms with Gasteiger partial charge in [-0.2, -0.15) is 0 Å². The van der Waals surface area contributed by atoms with Crippen LogP contribution in [0.15, 0.2) is 24.3 Å². The molecule has 3 nitrogen and oxygen atoms in total. The molecule has 94 valence electrons. The largest absolute Gasteiger partial charge is 0.389 e. The van der Waals surface area contributed by atoms with Gasteiger partial charge in [-0.05, 0) is 38.0 Å². The molecule has 0 aliphatic carbocycles. The molecule has 2 unspecified atom stereocenters. The maximum Gasteiger partial charge on any atom is 0.0761 e. The van der Waals surface area contributed by atoms with E-state index in [0.29, 0.717) is 6.04 Å². The van der Waals surface area contributed by atoms with E-state index in [9.17, 15) is 5.11 Å². The van der Waals surface area contributed by atoms with Crippen molar-refractivity contribution in [2.24, 2.45) is 0 Å². The number of nitrogens with zero attached hydrogens (tertiary/aromatic N) is 1. The minimum absolute atomic E-state index is 0.288. The van der Waals surface area contributed by atoms with Gasteiger partial charge < -0.3 is 14.7 Å². The van der Waals surface area contributed by atoms with Crippen LogP contribution in [-0.2, 0) is 4.74 Å². The Hall–Kier alpha value is -1.06. The average molecular weight is 235 g/mol. The first-order valence-corrected chi connectivity index (χ1v) is 6.22. The van der Waals surface area contributed by atoms with E-state index in [1.165, 1.54) is 5.69 Å². The molecule has 0 spiro atoms. The van der Waals surface area contributed by atoms with Crippen LogP contribution in [0.3, 0.4) is 0 Å². The highest BCUT2D eigenvalue weighted by Crippen LogP contribution is 2.25. The summed E-state index contributed by atoms with van der Waals surface area (Å²) >= 11 is 0. The second kappa shape index (κ2) is 5.07. The summed E-state index contributed by atoms with van der Waals surface area (Å²) in [4.78, 5) is 2.27. The van der Waals surface area contributed by atoms with Gasteiger partial charge >= 0.3 is 0 Å². The summed E-state index contributed by atoms with van der Waals surface area (Å²) in [5.41, 5.74) is 2.13. The molecular weight excluding hydrogens is 214 g/mol. The van der Waals surface area contributed by atoms with E-state index in [1.807, 2.05) is 12.1 Å². The van der Waals surface area contributed by atoms with E-state index in [4.69, 9.17) is 4.74 Å². The van der Waals surface area contributed by atoms with Gasteiger partial charge in [-0.3, -0.25) is 0 Å². The highest BCUT2D eigenvalue weighted by molar-refractivity contribution is 5.48. The molecule has 17 heavy (non-hydrogen) atoms. The molecule has 0 radical (unpaired) electrons. The van der Waals surface area contributed by atoms with Crippen molar-refractivity contribution in [3.63, 3.8) is 0 Å². The molecule has 1 aliphatic heterocycles. The van der Waals surface area contributed by atoms with E-state index < -0.39 is 6.10 Å². The quantitative estimate of drug-likeness (QED) is 0.873. The van der Waals surface area contributed by atoms with Crippen molar-refractivity contribution >= 4 is 5.69 Å². The number of hydrogen-bond acceptors (Lipinski definition) is 3. The smallest absolute Gasteiger partial charge is 0.0761 e. The Morgan fingerprint density at radius 3 is 2.47 bits per heavy atom. The number of aliphatic hydroxyl groups is 1. The first kappa shape index (κ1) is 12.4. The maximum atomic E-state index is 9.47. The number of benzene rings is 1. The van der Waals surface area contributed by atoms with Crippen molar-refractivity contribution in [1.82, 2.24) is 0 Å². The van der Waals surface area contributed by atoms with E-state index >= 15 is 0 Å². The molecule has 1 N–H and O–H groups in total. The fourth-order valence-corrected chi connectivity index (χ4v) is 2.41. The van der Waals surface area contributed by atoms with Crippen molar-refractivity contribution < 1.29 is 9.84 Å². The van der Waals surface area contributed by atoms with Crippen LogP contribution in [0.4, 0.5) is 5.69 Å². The Labute approximate surface area is 103 Å². The summed E-state index contributed by atoms with van der Waals surface area (Å²) < 4.78 is 5.59. The SMILES string of the molecule is CC1OCCC1N(C)c1ccc([C@H](C)O)cc1. The van der Waals surface area contributed by atoms with Crippen molar-refractivity contribution in [3.8, 4) is 0 Å². The molecule has 0 amide bonds. The molecule has 3 heteroatoms. The van der Waals surface area contributed by atoms with Crippen LogP contribution in [0, 0.1) is 0 Å². The predicted octanol–water partition coefficient (Wildman–Crippen LogP) is 2.35. The fourth-order valence-electron chi connectivity index (χ4n) is 2.41. The number of anilines is 1. The highest BCUT2D eigenvalue weighted by atomic mass is 16.5. The van der Waals surface area contributed by atoms with Crippen LogP contribution in [0.1, 0.15) is 31.9 Å². The Balaban J connectivity index is 2.11. The molecule has 1 heterocycles. The third kappa shape index (κ3) is 2.61. The van der Waals surface area contributed by atoms with Gasteiger partial charge in [0.05, 0.1) is 18.2 Å². The van der Waals surface area contributed by atoms with Crippen molar-refractivity contribution in [1.29, 1.82) is 0 Å². The lowest BCUT2D eigenvalue weighted by Gasteiger charge is -2.29. The van der Waals surface area contributed by atoms with Crippen LogP contribution in [0.5, 0.6) is 0 Å². The minimum atomic E-state index is -0.400. The lowest BCUT2D eigenvalue weighted by Crippen LogP contribution is -2.36. The zero-order chi connectivity index (χ0) is 12.4. The summed E-state index contributed by atoms with van der Waals surface area (Å²) in [5, 5.41) is 9.47. The molecule has 0 bridgehead atoms. The lowest BCUT2D eigenvalue weighted by atomic mass is 10.1. The van der Waals surface area contributed by atoms with Crippen molar-refractivity contribution in [3.05, 3.63) is 29.8 Å². The van der Waals surface area contributed by atoms with Crippen LogP contribution in [0.2, 0.25) is 0 Å². The summed E-state index contributed by atoms with van der Waals surface area (Å²) in [6.45, 7) is 4.76. The first-order valence-electron chi connectivity index (χ1n) is 6.22. The van der Waals surface area contributed by atoms with Crippen LogP contribution >= 0.6 is 0 Å². The average Bonchev–Trinajstić information content (AvgIpc) is 2.74. The summed E-state index contributed by atoms with van der Waals surface area (Å²) in [6, 6.07) is 8.54. The van der Waals surface area contributed by atoms with Gasteiger partial charge in [0.15, 0.2) is 0 Å². The maximum absolute atomic E-state index is 9.47. The molecule has 2 rings (SSSR count).